The topological polar surface area (TPSA) is 55.8 Å². The zero-order valence-electron chi connectivity index (χ0n) is 10.4. The molecule has 0 aliphatic carbocycles. The quantitative estimate of drug-likeness (QED) is 0.926. The number of ether oxygens (including phenoxy) is 2. The second kappa shape index (κ2) is 5.70. The largest absolute Gasteiger partial charge is 0.491 e. The first kappa shape index (κ1) is 14.6. The van der Waals surface area contributed by atoms with Crippen LogP contribution in [0.3, 0.4) is 0 Å². The number of alkyl halides is 3. The highest BCUT2D eigenvalue weighted by atomic mass is 19.4. The molecule has 0 radical (unpaired) electrons. The van der Waals surface area contributed by atoms with Crippen LogP contribution in [-0.4, -0.2) is 29.9 Å². The molecule has 1 aromatic carbocycles. The lowest BCUT2D eigenvalue weighted by atomic mass is 10.2. The van der Waals surface area contributed by atoms with Gasteiger partial charge in [-0.2, -0.15) is 13.2 Å². The first-order chi connectivity index (χ1) is 9.36. The zero-order chi connectivity index (χ0) is 14.8. The Balaban J connectivity index is 1.85. The molecule has 1 aromatic rings. The molecule has 110 valence electrons. The van der Waals surface area contributed by atoms with Crippen LogP contribution in [0.4, 0.5) is 13.2 Å². The number of rotatable bonds is 4. The second-order valence-electron chi connectivity index (χ2n) is 4.50. The van der Waals surface area contributed by atoms with E-state index >= 15 is 0 Å². The third-order valence-corrected chi connectivity index (χ3v) is 3.00. The van der Waals surface area contributed by atoms with Gasteiger partial charge >= 0.3 is 12.1 Å². The summed E-state index contributed by atoms with van der Waals surface area (Å²) in [6.07, 6.45) is -4.58. The molecule has 0 bridgehead atoms. The van der Waals surface area contributed by atoms with Crippen molar-refractivity contribution < 1.29 is 32.5 Å². The number of carboxylic acid groups (broad SMARTS) is 1. The van der Waals surface area contributed by atoms with Crippen molar-refractivity contribution in [3.05, 3.63) is 29.8 Å². The molecule has 0 amide bonds. The lowest BCUT2D eigenvalue weighted by Crippen LogP contribution is -2.23. The molecule has 2 atom stereocenters. The second-order valence-corrected chi connectivity index (χ2v) is 4.50. The van der Waals surface area contributed by atoms with Gasteiger partial charge in [0.25, 0.3) is 0 Å². The highest BCUT2D eigenvalue weighted by molar-refractivity contribution is 5.72. The van der Waals surface area contributed by atoms with E-state index < -0.39 is 23.8 Å². The van der Waals surface area contributed by atoms with Gasteiger partial charge in [-0.05, 0) is 37.1 Å². The van der Waals surface area contributed by atoms with Crippen molar-refractivity contribution in [2.75, 3.05) is 6.61 Å². The first-order valence-electron chi connectivity index (χ1n) is 6.04. The Labute approximate surface area is 113 Å². The summed E-state index contributed by atoms with van der Waals surface area (Å²) in [6.45, 7) is 0.120. The predicted molar refractivity (Wildman–Crippen MR) is 62.5 cm³/mol. The fourth-order valence-corrected chi connectivity index (χ4v) is 1.94. The molecule has 1 N–H and O–H groups in total. The van der Waals surface area contributed by atoms with E-state index in [0.717, 1.165) is 12.1 Å². The maximum atomic E-state index is 12.4. The molecular formula is C13H13F3O4. The van der Waals surface area contributed by atoms with Crippen LogP contribution in [0.1, 0.15) is 18.4 Å². The standard InChI is InChI=1S/C13H13F3O4/c14-13(15,16)8-1-3-9(4-2-8)19-7-10-5-6-11(20-10)12(17)18/h1-4,10-11H,5-7H2,(H,17,18). The van der Waals surface area contributed by atoms with E-state index in [4.69, 9.17) is 14.6 Å². The maximum absolute atomic E-state index is 12.4. The summed E-state index contributed by atoms with van der Waals surface area (Å²) in [7, 11) is 0. The normalized spacial score (nSPS) is 22.8. The highest BCUT2D eigenvalue weighted by Gasteiger charge is 2.31. The van der Waals surface area contributed by atoms with Gasteiger partial charge in [0.05, 0.1) is 11.7 Å². The van der Waals surface area contributed by atoms with Gasteiger partial charge in [0.1, 0.15) is 12.4 Å². The lowest BCUT2D eigenvalue weighted by Gasteiger charge is -2.13. The molecule has 0 spiro atoms. The van der Waals surface area contributed by atoms with Gasteiger partial charge in [-0.1, -0.05) is 0 Å². The van der Waals surface area contributed by atoms with Crippen molar-refractivity contribution in [2.24, 2.45) is 0 Å². The minimum Gasteiger partial charge on any atom is -0.491 e. The molecule has 2 rings (SSSR count). The molecule has 20 heavy (non-hydrogen) atoms. The van der Waals surface area contributed by atoms with E-state index in [2.05, 4.69) is 0 Å². The number of hydrogen-bond donors (Lipinski definition) is 1. The van der Waals surface area contributed by atoms with E-state index in [1.807, 2.05) is 0 Å². The van der Waals surface area contributed by atoms with Crippen LogP contribution < -0.4 is 4.74 Å². The van der Waals surface area contributed by atoms with Gasteiger partial charge in [0.2, 0.25) is 0 Å². The van der Waals surface area contributed by atoms with Crippen LogP contribution in [0.25, 0.3) is 0 Å². The van der Waals surface area contributed by atoms with Crippen LogP contribution in [0.15, 0.2) is 24.3 Å². The smallest absolute Gasteiger partial charge is 0.416 e. The number of halogens is 3. The van der Waals surface area contributed by atoms with Gasteiger partial charge in [-0.3, -0.25) is 0 Å². The van der Waals surface area contributed by atoms with E-state index in [0.29, 0.717) is 18.6 Å². The number of carbonyl (C=O) groups is 1. The van der Waals surface area contributed by atoms with Gasteiger partial charge in [0.15, 0.2) is 6.10 Å². The van der Waals surface area contributed by atoms with Crippen LogP contribution >= 0.6 is 0 Å². The van der Waals surface area contributed by atoms with Crippen molar-refractivity contribution in [1.82, 2.24) is 0 Å². The van der Waals surface area contributed by atoms with E-state index in [-0.39, 0.29) is 12.7 Å². The minimum atomic E-state index is -4.37. The summed E-state index contributed by atoms with van der Waals surface area (Å²) < 4.78 is 47.6. The monoisotopic (exact) mass is 290 g/mol. The Morgan fingerprint density at radius 3 is 2.45 bits per heavy atom. The molecule has 1 fully saturated rings. The van der Waals surface area contributed by atoms with Crippen LogP contribution in [0.2, 0.25) is 0 Å². The molecule has 1 aliphatic rings. The molecule has 0 saturated carbocycles. The van der Waals surface area contributed by atoms with Crippen LogP contribution in [0.5, 0.6) is 5.75 Å². The van der Waals surface area contributed by atoms with Crippen molar-refractivity contribution in [2.45, 2.75) is 31.2 Å². The molecule has 1 aliphatic heterocycles. The minimum absolute atomic E-state index is 0.120. The zero-order valence-corrected chi connectivity index (χ0v) is 10.4. The number of aliphatic carboxylic acids is 1. The average molecular weight is 290 g/mol. The molecule has 1 saturated heterocycles. The SMILES string of the molecule is O=C(O)C1CCC(COc2ccc(C(F)(F)F)cc2)O1. The van der Waals surface area contributed by atoms with Crippen molar-refractivity contribution in [3.63, 3.8) is 0 Å². The lowest BCUT2D eigenvalue weighted by molar-refractivity contribution is -0.149. The number of carboxylic acids is 1. The number of benzene rings is 1. The highest BCUT2D eigenvalue weighted by Crippen LogP contribution is 2.30. The molecule has 0 aromatic heterocycles. The summed E-state index contributed by atoms with van der Waals surface area (Å²) >= 11 is 0. The van der Waals surface area contributed by atoms with Crippen molar-refractivity contribution in [1.29, 1.82) is 0 Å². The molecule has 1 heterocycles. The Kier molecular flexibility index (Phi) is 4.17. The van der Waals surface area contributed by atoms with Crippen molar-refractivity contribution in [3.8, 4) is 5.75 Å². The van der Waals surface area contributed by atoms with Gasteiger partial charge in [-0.25, -0.2) is 4.79 Å². The molecule has 4 nitrogen and oxygen atoms in total. The predicted octanol–water partition coefficient (Wildman–Crippen LogP) is 2.72. The van der Waals surface area contributed by atoms with Gasteiger partial charge in [0, 0.05) is 0 Å². The van der Waals surface area contributed by atoms with Gasteiger partial charge in [-0.15, -0.1) is 0 Å². The third kappa shape index (κ3) is 3.63. The Morgan fingerprint density at radius 1 is 1.30 bits per heavy atom. The summed E-state index contributed by atoms with van der Waals surface area (Å²) in [6, 6.07) is 4.33. The first-order valence-corrected chi connectivity index (χ1v) is 6.04. The Hall–Kier alpha value is -1.76. The summed E-state index contributed by atoms with van der Waals surface area (Å²) in [5.74, 6) is -0.720. The average Bonchev–Trinajstić information content (AvgIpc) is 2.85. The molecule has 7 heteroatoms. The van der Waals surface area contributed by atoms with Crippen LogP contribution in [-0.2, 0) is 15.7 Å². The Morgan fingerprint density at radius 2 is 1.95 bits per heavy atom. The summed E-state index contributed by atoms with van der Waals surface area (Å²) in [4.78, 5) is 10.7. The van der Waals surface area contributed by atoms with Crippen molar-refractivity contribution >= 4 is 5.97 Å². The molecular weight excluding hydrogens is 277 g/mol. The van der Waals surface area contributed by atoms with E-state index in [1.54, 1.807) is 0 Å². The van der Waals surface area contributed by atoms with E-state index in [9.17, 15) is 18.0 Å². The third-order valence-electron chi connectivity index (χ3n) is 3.00. The van der Waals surface area contributed by atoms with E-state index in [1.165, 1.54) is 12.1 Å². The Bertz CT molecular complexity index is 469. The van der Waals surface area contributed by atoms with Gasteiger partial charge < -0.3 is 14.6 Å². The summed E-state index contributed by atoms with van der Waals surface area (Å²) in [5.41, 5.74) is -0.743. The maximum Gasteiger partial charge on any atom is 0.416 e. The number of hydrogen-bond acceptors (Lipinski definition) is 3. The molecule has 2 unspecified atom stereocenters. The van der Waals surface area contributed by atoms with Crippen LogP contribution in [0, 0.1) is 0 Å². The fourth-order valence-electron chi connectivity index (χ4n) is 1.94. The fraction of sp³-hybridized carbons (Fsp3) is 0.462. The summed E-state index contributed by atoms with van der Waals surface area (Å²) in [5, 5.41) is 8.75.